The van der Waals surface area contributed by atoms with E-state index in [9.17, 15) is 37.1 Å². The minimum atomic E-state index is -4.68. The summed E-state index contributed by atoms with van der Waals surface area (Å²) in [5.41, 5.74) is -1.37. The van der Waals surface area contributed by atoms with Crippen LogP contribution in [0.25, 0.3) is 16.9 Å². The zero-order chi connectivity index (χ0) is 25.9. The fraction of sp³-hybridized carbons (Fsp3) is 0.318. The van der Waals surface area contributed by atoms with E-state index in [0.29, 0.717) is 0 Å². The van der Waals surface area contributed by atoms with E-state index in [-0.39, 0.29) is 48.6 Å². The molecule has 0 saturated carbocycles. The summed E-state index contributed by atoms with van der Waals surface area (Å²) in [6, 6.07) is 2.64. The van der Waals surface area contributed by atoms with Crippen molar-refractivity contribution < 1.29 is 32.3 Å². The van der Waals surface area contributed by atoms with E-state index < -0.39 is 47.3 Å². The number of carbonyl (C=O) groups excluding carboxylic acids is 2. The van der Waals surface area contributed by atoms with Gasteiger partial charge in [0.15, 0.2) is 11.5 Å². The lowest BCUT2D eigenvalue weighted by Crippen LogP contribution is -2.53. The van der Waals surface area contributed by atoms with Gasteiger partial charge in [0, 0.05) is 32.3 Å². The third-order valence-corrected chi connectivity index (χ3v) is 6.24. The Morgan fingerprint density at radius 3 is 2.42 bits per heavy atom. The van der Waals surface area contributed by atoms with E-state index in [1.54, 1.807) is 0 Å². The van der Waals surface area contributed by atoms with Crippen molar-refractivity contribution in [1.29, 1.82) is 0 Å². The van der Waals surface area contributed by atoms with Gasteiger partial charge in [0.05, 0.1) is 23.6 Å². The Labute approximate surface area is 199 Å². The number of aliphatic hydroxyl groups excluding tert-OH is 1. The Morgan fingerprint density at radius 2 is 1.86 bits per heavy atom. The van der Waals surface area contributed by atoms with Crippen molar-refractivity contribution >= 4 is 28.7 Å². The number of likely N-dealkylation sites (tertiary alicyclic amines) is 1. The largest absolute Gasteiger partial charge is 0.433 e. The molecule has 0 spiro atoms. The molecule has 2 amide bonds. The number of hydrogen-bond donors (Lipinski definition) is 1. The highest BCUT2D eigenvalue weighted by Gasteiger charge is 2.39. The summed E-state index contributed by atoms with van der Waals surface area (Å²) >= 11 is 0. The van der Waals surface area contributed by atoms with E-state index in [0.717, 1.165) is 27.8 Å². The predicted molar refractivity (Wildman–Crippen MR) is 117 cm³/mol. The Morgan fingerprint density at radius 1 is 1.14 bits per heavy atom. The number of imidazole rings is 1. The number of pyridine rings is 2. The summed E-state index contributed by atoms with van der Waals surface area (Å²) in [5, 5.41) is 9.95. The van der Waals surface area contributed by atoms with Crippen molar-refractivity contribution in [2.24, 2.45) is 0 Å². The summed E-state index contributed by atoms with van der Waals surface area (Å²) in [5.74, 6) is -2.66. The fourth-order valence-corrected chi connectivity index (χ4v) is 4.46. The van der Waals surface area contributed by atoms with Crippen LogP contribution in [-0.2, 0) is 15.8 Å². The van der Waals surface area contributed by atoms with Crippen LogP contribution < -0.4 is 10.6 Å². The van der Waals surface area contributed by atoms with Gasteiger partial charge in [-0.2, -0.15) is 13.2 Å². The van der Waals surface area contributed by atoms with Crippen LogP contribution in [0.4, 0.5) is 23.2 Å². The lowest BCUT2D eigenvalue weighted by atomic mass is 10.1. The van der Waals surface area contributed by atoms with Crippen LogP contribution in [0.3, 0.4) is 0 Å². The Hall–Kier alpha value is -4.07. The molecule has 0 bridgehead atoms. The molecule has 0 unspecified atom stereocenters. The first-order valence-electron chi connectivity index (χ1n) is 10.8. The van der Waals surface area contributed by atoms with E-state index >= 15 is 0 Å². The van der Waals surface area contributed by atoms with Gasteiger partial charge in [0.1, 0.15) is 17.3 Å². The number of amides is 2. The maximum atomic E-state index is 13.6. The number of halogens is 4. The molecule has 3 aromatic heterocycles. The number of carbonyl (C=O) groups is 2. The van der Waals surface area contributed by atoms with E-state index in [2.05, 4.69) is 16.5 Å². The monoisotopic (exact) mass is 506 g/mol. The van der Waals surface area contributed by atoms with Gasteiger partial charge >= 0.3 is 11.9 Å². The number of hydrogen-bond acceptors (Lipinski definition) is 6. The Kier molecular flexibility index (Phi) is 5.43. The molecule has 0 aromatic carbocycles. The van der Waals surface area contributed by atoms with Crippen molar-refractivity contribution in [2.45, 2.75) is 24.7 Å². The normalized spacial score (nSPS) is 18.7. The molecule has 1 atom stereocenters. The molecule has 10 nitrogen and oxygen atoms in total. The number of anilines is 1. The summed E-state index contributed by atoms with van der Waals surface area (Å²) in [6.45, 7) is 3.05. The van der Waals surface area contributed by atoms with E-state index in [1.807, 2.05) is 0 Å². The second-order valence-corrected chi connectivity index (χ2v) is 8.45. The van der Waals surface area contributed by atoms with Crippen LogP contribution in [0.5, 0.6) is 0 Å². The highest BCUT2D eigenvalue weighted by Crippen LogP contribution is 2.34. The van der Waals surface area contributed by atoms with Gasteiger partial charge < -0.3 is 14.9 Å². The summed E-state index contributed by atoms with van der Waals surface area (Å²) in [7, 11) is 0. The molecule has 5 heterocycles. The maximum Gasteiger partial charge on any atom is 0.433 e. The van der Waals surface area contributed by atoms with Crippen LogP contribution in [0.15, 0.2) is 47.8 Å². The second kappa shape index (κ2) is 8.26. The summed E-state index contributed by atoms with van der Waals surface area (Å²) in [4.78, 5) is 48.2. The summed E-state index contributed by atoms with van der Waals surface area (Å²) < 4.78 is 54.6. The molecule has 36 heavy (non-hydrogen) atoms. The van der Waals surface area contributed by atoms with Crippen molar-refractivity contribution in [1.82, 2.24) is 24.0 Å². The first kappa shape index (κ1) is 23.7. The highest BCUT2D eigenvalue weighted by molar-refractivity contribution is 6.04. The van der Waals surface area contributed by atoms with Crippen LogP contribution in [0, 0.1) is 0 Å². The van der Waals surface area contributed by atoms with E-state index in [1.165, 1.54) is 21.7 Å². The average molecular weight is 506 g/mol. The van der Waals surface area contributed by atoms with Gasteiger partial charge in [0.25, 0.3) is 11.8 Å². The first-order chi connectivity index (χ1) is 17.0. The molecule has 3 aromatic rings. The SMILES string of the molecule is C=C(F)C(=O)N1CC(n2c(=O)n(-c3ccc(C(F)(F)F)nc3)c3nccc(N4CC[C@@H](O)C4=O)c32)C1. The van der Waals surface area contributed by atoms with Crippen LogP contribution in [-0.4, -0.2) is 66.7 Å². The molecular weight excluding hydrogens is 488 g/mol. The van der Waals surface area contributed by atoms with Gasteiger partial charge in [-0.05, 0) is 18.2 Å². The molecule has 0 aliphatic carbocycles. The molecule has 2 fully saturated rings. The van der Waals surface area contributed by atoms with Gasteiger partial charge in [-0.3, -0.25) is 14.2 Å². The average Bonchev–Trinajstić information content (AvgIpc) is 3.28. The maximum absolute atomic E-state index is 13.6. The van der Waals surface area contributed by atoms with Gasteiger partial charge in [0.2, 0.25) is 0 Å². The van der Waals surface area contributed by atoms with Gasteiger partial charge in [-0.15, -0.1) is 0 Å². The fourth-order valence-electron chi connectivity index (χ4n) is 4.46. The Balaban J connectivity index is 1.68. The molecule has 14 heteroatoms. The second-order valence-electron chi connectivity index (χ2n) is 8.45. The van der Waals surface area contributed by atoms with Crippen molar-refractivity contribution in [2.75, 3.05) is 24.5 Å². The molecule has 2 saturated heterocycles. The number of rotatable bonds is 4. The topological polar surface area (TPSA) is 114 Å². The lowest BCUT2D eigenvalue weighted by Gasteiger charge is -2.39. The number of fused-ring (bicyclic) bond motifs is 1. The van der Waals surface area contributed by atoms with Gasteiger partial charge in [-0.25, -0.2) is 23.7 Å². The van der Waals surface area contributed by atoms with Crippen LogP contribution in [0.1, 0.15) is 18.2 Å². The van der Waals surface area contributed by atoms with Crippen molar-refractivity contribution in [3.05, 3.63) is 59.2 Å². The predicted octanol–water partition coefficient (Wildman–Crippen LogP) is 1.57. The number of aliphatic hydroxyl groups is 1. The molecule has 2 aliphatic heterocycles. The third kappa shape index (κ3) is 3.64. The molecule has 2 aliphatic rings. The smallest absolute Gasteiger partial charge is 0.383 e. The van der Waals surface area contributed by atoms with Crippen LogP contribution >= 0.6 is 0 Å². The summed E-state index contributed by atoms with van der Waals surface area (Å²) in [6.07, 6.45) is -3.52. The molecule has 0 radical (unpaired) electrons. The van der Waals surface area contributed by atoms with Crippen molar-refractivity contribution in [3.8, 4) is 5.69 Å². The standard InChI is InChI=1S/C22H18F4N6O4/c1-11(23)19(34)29-9-13(10-29)31-17-14(30-7-5-15(33)20(30)35)4-6-27-18(17)32(21(31)36)12-2-3-16(28-8-12)22(24,25)26/h2-4,6,8,13,15,33H,1,5,7,9-10H2/t15-/m1/s1. The number of aromatic nitrogens is 4. The van der Waals surface area contributed by atoms with E-state index in [4.69, 9.17) is 0 Å². The Bertz CT molecular complexity index is 1460. The third-order valence-electron chi connectivity index (χ3n) is 6.24. The molecular formula is C22H18F4N6O4. The first-order valence-corrected chi connectivity index (χ1v) is 10.8. The lowest BCUT2D eigenvalue weighted by molar-refractivity contribution is -0.141. The minimum Gasteiger partial charge on any atom is -0.383 e. The molecule has 5 rings (SSSR count). The zero-order valence-electron chi connectivity index (χ0n) is 18.4. The quantitative estimate of drug-likeness (QED) is 0.425. The minimum absolute atomic E-state index is 0.00132. The van der Waals surface area contributed by atoms with Gasteiger partial charge in [-0.1, -0.05) is 6.58 Å². The highest BCUT2D eigenvalue weighted by atomic mass is 19.4. The molecule has 1 N–H and O–H groups in total. The number of alkyl halides is 3. The zero-order valence-corrected chi connectivity index (χ0v) is 18.4. The molecule has 188 valence electrons. The van der Waals surface area contributed by atoms with Crippen LogP contribution in [0.2, 0.25) is 0 Å². The van der Waals surface area contributed by atoms with Crippen molar-refractivity contribution in [3.63, 3.8) is 0 Å². The number of nitrogens with zero attached hydrogens (tertiary/aromatic N) is 6.